The van der Waals surface area contributed by atoms with Gasteiger partial charge in [0, 0.05) is 13.3 Å². The molecule has 25 heavy (non-hydrogen) atoms. The van der Waals surface area contributed by atoms with Crippen LogP contribution in [0.1, 0.15) is 18.1 Å². The van der Waals surface area contributed by atoms with Crippen molar-refractivity contribution in [1.82, 2.24) is 4.57 Å². The van der Waals surface area contributed by atoms with Gasteiger partial charge in [-0.2, -0.15) is 0 Å². The summed E-state index contributed by atoms with van der Waals surface area (Å²) in [5.74, 6) is 0.424. The lowest BCUT2D eigenvalue weighted by Crippen LogP contribution is -2.50. The summed E-state index contributed by atoms with van der Waals surface area (Å²) in [6, 6.07) is 0. The van der Waals surface area contributed by atoms with Crippen molar-refractivity contribution in [2.24, 2.45) is 17.8 Å². The second-order valence-corrected chi connectivity index (χ2v) is 5.93. The molecule has 11 heteroatoms. The first-order valence-electron chi connectivity index (χ1n) is 7.89. The maximum Gasteiger partial charge on any atom is 0.266 e. The van der Waals surface area contributed by atoms with E-state index in [1.54, 1.807) is 29.6 Å². The van der Waals surface area contributed by atoms with Crippen LogP contribution in [0.5, 0.6) is 0 Å². The van der Waals surface area contributed by atoms with E-state index in [0.717, 1.165) is 0 Å². The fourth-order valence-corrected chi connectivity index (χ4v) is 3.10. The highest BCUT2D eigenvalue weighted by molar-refractivity contribution is 5.92. The van der Waals surface area contributed by atoms with Crippen LogP contribution in [0.25, 0.3) is 0 Å². The lowest BCUT2D eigenvalue weighted by molar-refractivity contribution is -0.754. The Bertz CT molecular complexity index is 650. The third-order valence-electron chi connectivity index (χ3n) is 4.28. The highest BCUT2D eigenvalue weighted by atomic mass is 16.6. The molecule has 0 bridgehead atoms. The van der Waals surface area contributed by atoms with Gasteiger partial charge in [0.2, 0.25) is 6.23 Å². The largest absolute Gasteiger partial charge is 0.829 e. The van der Waals surface area contributed by atoms with Crippen molar-refractivity contribution >= 4 is 11.8 Å². The van der Waals surface area contributed by atoms with E-state index in [-0.39, 0.29) is 19.2 Å². The van der Waals surface area contributed by atoms with Crippen LogP contribution in [0.4, 0.5) is 5.82 Å². The number of nitrogens with zero attached hydrogens (tertiary/aromatic N) is 3. The van der Waals surface area contributed by atoms with Crippen molar-refractivity contribution in [2.45, 2.75) is 30.8 Å². The molecule has 0 amide bonds. The van der Waals surface area contributed by atoms with E-state index in [2.05, 4.69) is 10.3 Å². The number of nitrogens with two attached hydrogens (primary N) is 1. The molecule has 0 spiro atoms. The number of methoxy groups -OCH3 is 1. The van der Waals surface area contributed by atoms with Gasteiger partial charge >= 0.3 is 0 Å². The monoisotopic (exact) mass is 357 g/mol. The number of anilines is 1. The Morgan fingerprint density at radius 3 is 2.96 bits per heavy atom. The van der Waals surface area contributed by atoms with E-state index in [1.807, 2.05) is 0 Å². The molecule has 1 saturated heterocycles. The molecule has 0 radical (unpaired) electrons. The van der Waals surface area contributed by atoms with Crippen LogP contribution in [-0.4, -0.2) is 66.0 Å². The number of imidazole rings is 1. The first-order chi connectivity index (χ1) is 12.0. The average Bonchev–Trinajstić information content (AvgIpc) is 3.05. The van der Waals surface area contributed by atoms with Crippen molar-refractivity contribution in [3.05, 3.63) is 12.0 Å². The van der Waals surface area contributed by atoms with Gasteiger partial charge < -0.3 is 35.3 Å². The van der Waals surface area contributed by atoms with E-state index in [9.17, 15) is 15.3 Å². The molecule has 0 aliphatic carbocycles. The molecule has 2 aliphatic heterocycles. The van der Waals surface area contributed by atoms with Crippen molar-refractivity contribution in [3.63, 3.8) is 0 Å². The summed E-state index contributed by atoms with van der Waals surface area (Å²) in [6.07, 6.45) is -3.08. The summed E-state index contributed by atoms with van der Waals surface area (Å²) in [4.78, 5) is 3.77. The number of guanidine groups is 1. The molecule has 0 aromatic carbocycles. The zero-order valence-corrected chi connectivity index (χ0v) is 14.0. The molecule has 5 N–H and O–H groups in total. The number of ether oxygens (including phenoxy) is 3. The van der Waals surface area contributed by atoms with Crippen LogP contribution in [0.15, 0.2) is 11.3 Å². The third kappa shape index (κ3) is 3.21. The number of aliphatic imine (C=N–C) groups is 1. The predicted octanol–water partition coefficient (Wildman–Crippen LogP) is -3.31. The zero-order chi connectivity index (χ0) is 18.1. The van der Waals surface area contributed by atoms with E-state index >= 15 is 0 Å². The predicted molar refractivity (Wildman–Crippen MR) is 82.2 cm³/mol. The Labute approximate surface area is 144 Å². The number of fused-ring (bicyclic) bond motifs is 1. The number of hydrogen-bond acceptors (Lipinski definition) is 9. The number of aliphatic hydroxyl groups is 2. The number of hydrogen-bond donors (Lipinski definition) is 4. The second-order valence-electron chi connectivity index (χ2n) is 5.93. The SMILES string of the molecule is COCCO[C@@H]1[C@H](O)[C@@H](CO)O[C@H]1[n+]1cn(C)c2c1NC(N)=NC2[O-]. The van der Waals surface area contributed by atoms with Gasteiger partial charge in [-0.1, -0.05) is 0 Å². The van der Waals surface area contributed by atoms with E-state index in [1.165, 1.54) is 0 Å². The average molecular weight is 357 g/mol. The fourth-order valence-electron chi connectivity index (χ4n) is 3.10. The highest BCUT2D eigenvalue weighted by Gasteiger charge is 2.49. The molecule has 5 atom stereocenters. The minimum Gasteiger partial charge on any atom is -0.829 e. The number of aromatic nitrogens is 2. The maximum absolute atomic E-state index is 12.2. The van der Waals surface area contributed by atoms with Gasteiger partial charge in [-0.15, -0.1) is 0 Å². The van der Waals surface area contributed by atoms with Crippen LogP contribution < -0.4 is 20.7 Å². The molecule has 1 unspecified atom stereocenters. The molecule has 3 rings (SSSR count). The summed E-state index contributed by atoms with van der Waals surface area (Å²) in [5.41, 5.74) is 6.05. The molecule has 1 aromatic rings. The quantitative estimate of drug-likeness (QED) is 0.305. The summed E-state index contributed by atoms with van der Waals surface area (Å²) in [5, 5.41) is 34.9. The lowest BCUT2D eigenvalue weighted by Gasteiger charge is -2.23. The van der Waals surface area contributed by atoms with Gasteiger partial charge in [0.15, 0.2) is 12.0 Å². The topological polar surface area (TPSA) is 150 Å². The van der Waals surface area contributed by atoms with Crippen LogP contribution in [0, 0.1) is 0 Å². The van der Waals surface area contributed by atoms with Gasteiger partial charge in [-0.05, 0) is 0 Å². The summed E-state index contributed by atoms with van der Waals surface area (Å²) >= 11 is 0. The van der Waals surface area contributed by atoms with Gasteiger partial charge in [-0.25, -0.2) is 14.9 Å². The molecule has 3 heterocycles. The minimum atomic E-state index is -1.37. The maximum atomic E-state index is 12.2. The van der Waals surface area contributed by atoms with E-state index in [0.29, 0.717) is 18.1 Å². The summed E-state index contributed by atoms with van der Waals surface area (Å²) in [7, 11) is 3.25. The number of rotatable bonds is 6. The highest BCUT2D eigenvalue weighted by Crippen LogP contribution is 2.31. The lowest BCUT2D eigenvalue weighted by atomic mass is 10.1. The zero-order valence-electron chi connectivity index (χ0n) is 14.0. The normalized spacial score (nSPS) is 31.6. The van der Waals surface area contributed by atoms with Crippen molar-refractivity contribution < 1.29 is 34.1 Å². The molecular weight excluding hydrogens is 334 g/mol. The first kappa shape index (κ1) is 18.0. The van der Waals surface area contributed by atoms with E-state index in [4.69, 9.17) is 19.9 Å². The van der Waals surface area contributed by atoms with Crippen LogP contribution >= 0.6 is 0 Å². The Morgan fingerprint density at radius 2 is 2.28 bits per heavy atom. The van der Waals surface area contributed by atoms with E-state index < -0.39 is 30.8 Å². The summed E-state index contributed by atoms with van der Waals surface area (Å²) < 4.78 is 19.7. The second kappa shape index (κ2) is 7.23. The third-order valence-corrected chi connectivity index (χ3v) is 4.28. The van der Waals surface area contributed by atoms with Gasteiger partial charge in [-0.3, -0.25) is 4.57 Å². The standard InChI is InChI=1S/C14H23N5O6/c1-18-6-19(11-8(18)12(22)17-14(15)16-11)13-10(24-4-3-23-2)9(21)7(5-20)25-13/h6-7,9-10,12-13,20-21H,3-5H2,1-2H3,(H3,15,16,17)/t7-,9-,10-,12?,13-/m1/s1. The van der Waals surface area contributed by atoms with Gasteiger partial charge in [0.25, 0.3) is 11.8 Å². The van der Waals surface area contributed by atoms with Crippen LogP contribution in [0.2, 0.25) is 0 Å². The molecule has 1 fully saturated rings. The Hall–Kier alpha value is -1.76. The smallest absolute Gasteiger partial charge is 0.266 e. The van der Waals surface area contributed by atoms with Gasteiger partial charge in [0.1, 0.15) is 18.3 Å². The Morgan fingerprint density at radius 1 is 1.52 bits per heavy atom. The molecule has 1 aromatic heterocycles. The van der Waals surface area contributed by atoms with Crippen molar-refractivity contribution in [3.8, 4) is 0 Å². The van der Waals surface area contributed by atoms with Gasteiger partial charge in [0.05, 0.1) is 26.9 Å². The fraction of sp³-hybridized carbons (Fsp3) is 0.714. The molecule has 0 saturated carbocycles. The Kier molecular flexibility index (Phi) is 5.22. The Balaban J connectivity index is 1.93. The molecular formula is C14H23N5O6. The minimum absolute atomic E-state index is 0.00144. The van der Waals surface area contributed by atoms with Crippen LogP contribution in [0.3, 0.4) is 0 Å². The number of aryl methyl sites for hydroxylation is 1. The first-order valence-corrected chi connectivity index (χ1v) is 7.89. The molecule has 2 aliphatic rings. The molecule has 11 nitrogen and oxygen atoms in total. The number of nitrogens with one attached hydrogen (secondary N) is 1. The summed E-state index contributed by atoms with van der Waals surface area (Å²) in [6.45, 7) is 0.226. The van der Waals surface area contributed by atoms with Crippen LogP contribution in [-0.2, 0) is 21.3 Å². The number of aliphatic hydroxyl groups excluding tert-OH is 2. The molecule has 140 valence electrons. The van der Waals surface area contributed by atoms with Crippen molar-refractivity contribution in [2.75, 3.05) is 32.2 Å². The van der Waals surface area contributed by atoms with Crippen molar-refractivity contribution in [1.29, 1.82) is 0 Å².